The van der Waals surface area contributed by atoms with Crippen molar-refractivity contribution in [2.45, 2.75) is 6.61 Å². The standard InChI is InChI=1S/C7H4BrNO3/c8-4-1-9-6(10)3-2-12-7(11)5(3)4/h1H,2H2,(H,9,10). The Hall–Kier alpha value is -1.10. The highest BCUT2D eigenvalue weighted by atomic mass is 79.9. The van der Waals surface area contributed by atoms with E-state index in [9.17, 15) is 9.59 Å². The highest BCUT2D eigenvalue weighted by Crippen LogP contribution is 2.23. The van der Waals surface area contributed by atoms with Crippen LogP contribution < -0.4 is 5.56 Å². The molecule has 0 spiro atoms. The number of ether oxygens (including phenoxy) is 1. The molecule has 0 aliphatic carbocycles. The number of fused-ring (bicyclic) bond motifs is 1. The lowest BCUT2D eigenvalue weighted by Gasteiger charge is -1.94. The van der Waals surface area contributed by atoms with Crippen LogP contribution in [0.2, 0.25) is 0 Å². The van der Waals surface area contributed by atoms with Crippen molar-refractivity contribution in [2.75, 3.05) is 0 Å². The van der Waals surface area contributed by atoms with Crippen molar-refractivity contribution in [3.63, 3.8) is 0 Å². The average Bonchev–Trinajstić information content (AvgIpc) is 2.42. The molecular formula is C7H4BrNO3. The number of hydrogen-bond donors (Lipinski definition) is 1. The lowest BCUT2D eigenvalue weighted by Crippen LogP contribution is -2.12. The number of H-pyrrole nitrogens is 1. The van der Waals surface area contributed by atoms with Crippen molar-refractivity contribution < 1.29 is 9.53 Å². The molecule has 0 unspecified atom stereocenters. The quantitative estimate of drug-likeness (QED) is 0.671. The number of cyclic esters (lactones) is 1. The fourth-order valence-corrected chi connectivity index (χ4v) is 1.63. The number of carbonyl (C=O) groups excluding carboxylic acids is 1. The van der Waals surface area contributed by atoms with Crippen LogP contribution in [0.1, 0.15) is 15.9 Å². The van der Waals surface area contributed by atoms with Gasteiger partial charge in [0.2, 0.25) is 0 Å². The molecule has 0 fully saturated rings. The smallest absolute Gasteiger partial charge is 0.340 e. The second kappa shape index (κ2) is 2.45. The molecule has 0 atom stereocenters. The van der Waals surface area contributed by atoms with E-state index < -0.39 is 5.97 Å². The summed E-state index contributed by atoms with van der Waals surface area (Å²) in [4.78, 5) is 24.6. The molecule has 0 radical (unpaired) electrons. The van der Waals surface area contributed by atoms with Crippen LogP contribution in [-0.2, 0) is 11.3 Å². The molecule has 0 saturated carbocycles. The second-order valence-corrected chi connectivity index (χ2v) is 3.25. The zero-order chi connectivity index (χ0) is 8.72. The summed E-state index contributed by atoms with van der Waals surface area (Å²) in [6.45, 7) is 0.0724. The van der Waals surface area contributed by atoms with Gasteiger partial charge in [-0.1, -0.05) is 0 Å². The van der Waals surface area contributed by atoms with Gasteiger partial charge in [-0.25, -0.2) is 4.79 Å². The lowest BCUT2D eigenvalue weighted by molar-refractivity contribution is 0.0534. The number of carbonyl (C=O) groups is 1. The van der Waals surface area contributed by atoms with E-state index in [1.807, 2.05) is 0 Å². The van der Waals surface area contributed by atoms with E-state index in [2.05, 4.69) is 20.9 Å². The third-order valence-electron chi connectivity index (χ3n) is 1.70. The van der Waals surface area contributed by atoms with Crippen LogP contribution in [0.25, 0.3) is 0 Å². The van der Waals surface area contributed by atoms with E-state index in [1.54, 1.807) is 0 Å². The predicted molar refractivity (Wildman–Crippen MR) is 43.9 cm³/mol. The van der Waals surface area contributed by atoms with Gasteiger partial charge in [0.15, 0.2) is 0 Å². The molecule has 12 heavy (non-hydrogen) atoms. The maximum Gasteiger partial charge on any atom is 0.340 e. The third kappa shape index (κ3) is 0.896. The molecule has 1 aliphatic rings. The van der Waals surface area contributed by atoms with Crippen LogP contribution in [0, 0.1) is 0 Å². The highest BCUT2D eigenvalue weighted by Gasteiger charge is 2.26. The van der Waals surface area contributed by atoms with Gasteiger partial charge in [0, 0.05) is 10.7 Å². The normalized spacial score (nSPS) is 14.2. The molecule has 2 rings (SSSR count). The molecule has 0 amide bonds. The first-order valence-corrected chi connectivity index (χ1v) is 4.06. The van der Waals surface area contributed by atoms with Gasteiger partial charge >= 0.3 is 5.97 Å². The molecule has 0 saturated heterocycles. The number of hydrogen-bond acceptors (Lipinski definition) is 3. The minimum atomic E-state index is -0.442. The van der Waals surface area contributed by atoms with E-state index in [4.69, 9.17) is 4.74 Å². The topological polar surface area (TPSA) is 59.2 Å². The van der Waals surface area contributed by atoms with Crippen molar-refractivity contribution in [2.24, 2.45) is 0 Å². The maximum atomic E-state index is 11.1. The minimum absolute atomic E-state index is 0.0724. The van der Waals surface area contributed by atoms with Gasteiger partial charge in [-0.15, -0.1) is 0 Å². The van der Waals surface area contributed by atoms with Crippen molar-refractivity contribution in [3.05, 3.63) is 32.2 Å². The summed E-state index contributed by atoms with van der Waals surface area (Å²) in [6, 6.07) is 0. The molecule has 5 heteroatoms. The first-order valence-electron chi connectivity index (χ1n) is 3.27. The van der Waals surface area contributed by atoms with Crippen LogP contribution in [0.5, 0.6) is 0 Å². The number of aromatic amines is 1. The summed E-state index contributed by atoms with van der Waals surface area (Å²) in [5.41, 5.74) is 0.479. The Morgan fingerprint density at radius 3 is 2.92 bits per heavy atom. The molecule has 1 aromatic heterocycles. The highest BCUT2D eigenvalue weighted by molar-refractivity contribution is 9.10. The fourth-order valence-electron chi connectivity index (χ4n) is 1.11. The van der Waals surface area contributed by atoms with Crippen LogP contribution in [0.4, 0.5) is 0 Å². The zero-order valence-electron chi connectivity index (χ0n) is 5.89. The van der Waals surface area contributed by atoms with Gasteiger partial charge in [0.1, 0.15) is 6.61 Å². The van der Waals surface area contributed by atoms with Crippen molar-refractivity contribution in [1.82, 2.24) is 4.98 Å². The molecule has 4 nitrogen and oxygen atoms in total. The number of aromatic nitrogens is 1. The SMILES string of the molecule is O=C1OCc2c1c(Br)c[nH]c2=O. The van der Waals surface area contributed by atoms with Crippen molar-refractivity contribution >= 4 is 21.9 Å². The third-order valence-corrected chi connectivity index (χ3v) is 2.32. The summed E-state index contributed by atoms with van der Waals surface area (Å²) in [6.07, 6.45) is 1.44. The van der Waals surface area contributed by atoms with Crippen LogP contribution in [0.15, 0.2) is 15.5 Å². The van der Waals surface area contributed by atoms with Crippen LogP contribution >= 0.6 is 15.9 Å². The van der Waals surface area contributed by atoms with Gasteiger partial charge < -0.3 is 9.72 Å². The molecule has 62 valence electrons. The van der Waals surface area contributed by atoms with Crippen LogP contribution in [0.3, 0.4) is 0 Å². The number of esters is 1. The largest absolute Gasteiger partial charge is 0.457 e. The molecule has 2 heterocycles. The second-order valence-electron chi connectivity index (χ2n) is 2.40. The molecule has 0 bridgehead atoms. The minimum Gasteiger partial charge on any atom is -0.457 e. The van der Waals surface area contributed by atoms with Gasteiger partial charge in [-0.05, 0) is 15.9 Å². The summed E-state index contributed by atoms with van der Waals surface area (Å²) >= 11 is 3.15. The fraction of sp³-hybridized carbons (Fsp3) is 0.143. The van der Waals surface area contributed by atoms with Gasteiger partial charge in [0.05, 0.1) is 11.1 Å². The molecule has 1 N–H and O–H groups in total. The zero-order valence-corrected chi connectivity index (χ0v) is 7.47. The Kier molecular flexibility index (Phi) is 1.54. The Balaban J connectivity index is 2.81. The first kappa shape index (κ1) is 7.54. The maximum absolute atomic E-state index is 11.1. The molecule has 0 aromatic carbocycles. The van der Waals surface area contributed by atoms with E-state index in [0.29, 0.717) is 15.6 Å². The summed E-state index contributed by atoms with van der Waals surface area (Å²) in [5, 5.41) is 0. The molecule has 1 aromatic rings. The number of halogens is 1. The Morgan fingerprint density at radius 2 is 2.25 bits per heavy atom. The Bertz CT molecular complexity index is 410. The van der Waals surface area contributed by atoms with E-state index in [1.165, 1.54) is 6.20 Å². The number of rotatable bonds is 0. The summed E-state index contributed by atoms with van der Waals surface area (Å²) in [5.74, 6) is -0.442. The number of nitrogens with one attached hydrogen (secondary N) is 1. The van der Waals surface area contributed by atoms with E-state index in [-0.39, 0.29) is 12.2 Å². The van der Waals surface area contributed by atoms with Gasteiger partial charge in [0.25, 0.3) is 5.56 Å². The number of pyridine rings is 1. The lowest BCUT2D eigenvalue weighted by atomic mass is 10.2. The summed E-state index contributed by atoms with van der Waals surface area (Å²) in [7, 11) is 0. The van der Waals surface area contributed by atoms with Crippen molar-refractivity contribution in [1.29, 1.82) is 0 Å². The Labute approximate surface area is 75.7 Å². The average molecular weight is 230 g/mol. The summed E-state index contributed by atoms with van der Waals surface area (Å²) < 4.78 is 5.27. The predicted octanol–water partition coefficient (Wildman–Crippen LogP) is 0.808. The van der Waals surface area contributed by atoms with E-state index >= 15 is 0 Å². The molecular weight excluding hydrogens is 226 g/mol. The van der Waals surface area contributed by atoms with Crippen molar-refractivity contribution in [3.8, 4) is 0 Å². The van der Waals surface area contributed by atoms with E-state index in [0.717, 1.165) is 0 Å². The molecule has 1 aliphatic heterocycles. The first-order chi connectivity index (χ1) is 5.70. The van der Waals surface area contributed by atoms with Gasteiger partial charge in [-0.2, -0.15) is 0 Å². The van der Waals surface area contributed by atoms with Crippen LogP contribution in [-0.4, -0.2) is 11.0 Å². The monoisotopic (exact) mass is 229 g/mol. The van der Waals surface area contributed by atoms with Gasteiger partial charge in [-0.3, -0.25) is 4.79 Å². The Morgan fingerprint density at radius 1 is 1.50 bits per heavy atom.